The zero-order valence-electron chi connectivity index (χ0n) is 16.4. The Morgan fingerprint density at radius 3 is 2.82 bits per heavy atom. The lowest BCUT2D eigenvalue weighted by Crippen LogP contribution is -2.60. The Kier molecular flexibility index (Phi) is 4.59. The number of rotatable bonds is 5. The van der Waals surface area contributed by atoms with E-state index in [0.29, 0.717) is 36.9 Å². The molecule has 1 aromatic carbocycles. The van der Waals surface area contributed by atoms with Crippen LogP contribution in [0.25, 0.3) is 0 Å². The van der Waals surface area contributed by atoms with Crippen molar-refractivity contribution in [2.24, 2.45) is 5.92 Å². The van der Waals surface area contributed by atoms with E-state index < -0.39 is 0 Å². The van der Waals surface area contributed by atoms with Gasteiger partial charge in [0.15, 0.2) is 0 Å². The predicted molar refractivity (Wildman–Crippen MR) is 106 cm³/mol. The van der Waals surface area contributed by atoms with Crippen molar-refractivity contribution in [1.82, 2.24) is 19.6 Å². The highest BCUT2D eigenvalue weighted by Crippen LogP contribution is 2.47. The van der Waals surface area contributed by atoms with Crippen molar-refractivity contribution in [1.29, 1.82) is 0 Å². The molecule has 6 rings (SSSR count). The SMILES string of the molecule is COc1cccc([C@@H]2CN(C(=O)CCn3cccn3)[C@H]3C4CCN(CC4)[C@@H]23)c1. The number of aromatic nitrogens is 2. The molecule has 4 aliphatic heterocycles. The number of hydrogen-bond donors (Lipinski definition) is 0. The molecule has 1 amide bonds. The van der Waals surface area contributed by atoms with Gasteiger partial charge in [-0.2, -0.15) is 5.10 Å². The van der Waals surface area contributed by atoms with Crippen molar-refractivity contribution >= 4 is 5.91 Å². The maximum absolute atomic E-state index is 13.2. The van der Waals surface area contributed by atoms with Crippen molar-refractivity contribution in [3.8, 4) is 5.75 Å². The molecule has 4 aliphatic rings. The Balaban J connectivity index is 1.41. The molecular weight excluding hydrogens is 352 g/mol. The van der Waals surface area contributed by atoms with Gasteiger partial charge in [0.25, 0.3) is 0 Å². The number of carbonyl (C=O) groups is 1. The van der Waals surface area contributed by atoms with E-state index >= 15 is 0 Å². The minimum absolute atomic E-state index is 0.268. The number of benzene rings is 1. The largest absolute Gasteiger partial charge is 0.497 e. The second-order valence-electron chi connectivity index (χ2n) is 8.30. The average Bonchev–Trinajstić information content (AvgIpc) is 3.42. The summed E-state index contributed by atoms with van der Waals surface area (Å²) in [6.45, 7) is 3.80. The van der Waals surface area contributed by atoms with Crippen LogP contribution in [-0.2, 0) is 11.3 Å². The molecule has 0 radical (unpaired) electrons. The van der Waals surface area contributed by atoms with E-state index in [1.165, 1.54) is 31.5 Å². The molecular formula is C22H28N4O2. The maximum Gasteiger partial charge on any atom is 0.224 e. The topological polar surface area (TPSA) is 50.6 Å². The normalized spacial score (nSPS) is 31.0. The second-order valence-corrected chi connectivity index (χ2v) is 8.30. The first-order valence-electron chi connectivity index (χ1n) is 10.4. The number of likely N-dealkylation sites (tertiary alicyclic amines) is 1. The summed E-state index contributed by atoms with van der Waals surface area (Å²) in [5, 5.41) is 4.24. The molecule has 0 spiro atoms. The molecule has 0 saturated carbocycles. The molecule has 148 valence electrons. The van der Waals surface area contributed by atoms with Gasteiger partial charge in [-0.3, -0.25) is 14.4 Å². The minimum Gasteiger partial charge on any atom is -0.497 e. The second kappa shape index (κ2) is 7.24. The smallest absolute Gasteiger partial charge is 0.224 e. The molecule has 2 bridgehead atoms. The number of ether oxygens (including phenoxy) is 1. The first-order valence-corrected chi connectivity index (χ1v) is 10.4. The lowest BCUT2D eigenvalue weighted by Gasteiger charge is -2.51. The zero-order chi connectivity index (χ0) is 19.1. The fourth-order valence-electron chi connectivity index (χ4n) is 5.66. The number of nitrogens with zero attached hydrogens (tertiary/aromatic N) is 4. The lowest BCUT2D eigenvalue weighted by atomic mass is 9.75. The fourth-order valence-corrected chi connectivity index (χ4v) is 5.66. The molecule has 0 N–H and O–H groups in total. The molecule has 1 aromatic heterocycles. The first-order chi connectivity index (χ1) is 13.7. The number of aryl methyl sites for hydroxylation is 1. The predicted octanol–water partition coefficient (Wildman–Crippen LogP) is 2.37. The van der Waals surface area contributed by atoms with Crippen LogP contribution in [0.4, 0.5) is 0 Å². The van der Waals surface area contributed by atoms with Gasteiger partial charge in [0.1, 0.15) is 5.75 Å². The van der Waals surface area contributed by atoms with Gasteiger partial charge in [-0.1, -0.05) is 12.1 Å². The van der Waals surface area contributed by atoms with Gasteiger partial charge >= 0.3 is 0 Å². The molecule has 0 unspecified atom stereocenters. The Labute approximate surface area is 166 Å². The summed E-state index contributed by atoms with van der Waals surface area (Å²) in [4.78, 5) is 18.1. The molecule has 0 aliphatic carbocycles. The maximum atomic E-state index is 13.2. The van der Waals surface area contributed by atoms with E-state index in [4.69, 9.17) is 4.74 Å². The summed E-state index contributed by atoms with van der Waals surface area (Å²) < 4.78 is 7.31. The highest BCUT2D eigenvalue weighted by atomic mass is 16.5. The zero-order valence-corrected chi connectivity index (χ0v) is 16.4. The summed E-state index contributed by atoms with van der Waals surface area (Å²) in [6.07, 6.45) is 6.64. The molecule has 3 atom stereocenters. The summed E-state index contributed by atoms with van der Waals surface area (Å²) in [6, 6.07) is 11.1. The number of amides is 1. The molecule has 2 aromatic rings. The summed E-state index contributed by atoms with van der Waals surface area (Å²) in [7, 11) is 1.72. The molecule has 4 fully saturated rings. The molecule has 5 heterocycles. The van der Waals surface area contributed by atoms with Crippen molar-refractivity contribution in [3.05, 3.63) is 48.3 Å². The number of carbonyl (C=O) groups excluding carboxylic acids is 1. The van der Waals surface area contributed by atoms with Crippen LogP contribution in [0.15, 0.2) is 42.7 Å². The van der Waals surface area contributed by atoms with Gasteiger partial charge in [0, 0.05) is 43.9 Å². The highest BCUT2D eigenvalue weighted by Gasteiger charge is 2.54. The van der Waals surface area contributed by atoms with Gasteiger partial charge in [0.2, 0.25) is 5.91 Å². The third-order valence-corrected chi connectivity index (χ3v) is 6.95. The number of piperidine rings is 3. The summed E-state index contributed by atoms with van der Waals surface area (Å²) in [5.41, 5.74) is 1.30. The monoisotopic (exact) mass is 380 g/mol. The van der Waals surface area contributed by atoms with E-state index in [0.717, 1.165) is 12.3 Å². The Morgan fingerprint density at radius 2 is 2.07 bits per heavy atom. The minimum atomic E-state index is 0.268. The van der Waals surface area contributed by atoms with Crippen molar-refractivity contribution in [2.75, 3.05) is 26.7 Å². The van der Waals surface area contributed by atoms with Gasteiger partial charge in [-0.05, 0) is 55.6 Å². The standard InChI is InChI=1S/C22H28N4O2/c1-28-18-5-2-4-17(14-18)19-15-26(20(27)8-13-25-10-3-9-23-25)21-16-6-11-24(12-7-16)22(19)21/h2-5,9-10,14,16,19,21-22H,6-8,11-13,15H2,1H3/t19-,21-,22-/m0/s1. The van der Waals surface area contributed by atoms with Gasteiger partial charge < -0.3 is 9.64 Å². The lowest BCUT2D eigenvalue weighted by molar-refractivity contribution is -0.136. The Hall–Kier alpha value is -2.34. The van der Waals surface area contributed by atoms with Crippen molar-refractivity contribution in [2.45, 2.75) is 43.8 Å². The Morgan fingerprint density at radius 1 is 1.21 bits per heavy atom. The summed E-state index contributed by atoms with van der Waals surface area (Å²) in [5.74, 6) is 2.16. The highest BCUT2D eigenvalue weighted by molar-refractivity contribution is 5.77. The van der Waals surface area contributed by atoms with Crippen molar-refractivity contribution < 1.29 is 9.53 Å². The van der Waals surface area contributed by atoms with E-state index in [-0.39, 0.29) is 5.91 Å². The van der Waals surface area contributed by atoms with Crippen LogP contribution in [0, 0.1) is 5.92 Å². The van der Waals surface area contributed by atoms with Gasteiger partial charge in [0.05, 0.1) is 13.2 Å². The van der Waals surface area contributed by atoms with E-state index in [9.17, 15) is 4.79 Å². The molecule has 4 saturated heterocycles. The van der Waals surface area contributed by atoms with E-state index in [1.54, 1.807) is 13.3 Å². The third-order valence-electron chi connectivity index (χ3n) is 6.95. The van der Waals surface area contributed by atoms with Crippen LogP contribution >= 0.6 is 0 Å². The fraction of sp³-hybridized carbons (Fsp3) is 0.545. The number of fused-ring (bicyclic) bond motifs is 2. The Bertz CT molecular complexity index is 829. The van der Waals surface area contributed by atoms with E-state index in [2.05, 4.69) is 33.1 Å². The molecule has 28 heavy (non-hydrogen) atoms. The quantitative estimate of drug-likeness (QED) is 0.799. The van der Waals surface area contributed by atoms with E-state index in [1.807, 2.05) is 23.0 Å². The average molecular weight is 380 g/mol. The van der Waals surface area contributed by atoms with Gasteiger partial charge in [-0.15, -0.1) is 0 Å². The molecule has 6 heteroatoms. The number of hydrogen-bond acceptors (Lipinski definition) is 4. The first kappa shape index (κ1) is 17.7. The van der Waals surface area contributed by atoms with Crippen LogP contribution in [0.5, 0.6) is 5.75 Å². The third kappa shape index (κ3) is 3.00. The van der Waals surface area contributed by atoms with Crippen LogP contribution < -0.4 is 4.74 Å². The van der Waals surface area contributed by atoms with Crippen LogP contribution in [0.1, 0.15) is 30.7 Å². The van der Waals surface area contributed by atoms with Crippen LogP contribution in [-0.4, -0.2) is 64.3 Å². The number of methoxy groups -OCH3 is 1. The van der Waals surface area contributed by atoms with Gasteiger partial charge in [-0.25, -0.2) is 0 Å². The summed E-state index contributed by atoms with van der Waals surface area (Å²) >= 11 is 0. The molecule has 6 nitrogen and oxygen atoms in total. The van der Waals surface area contributed by atoms with Crippen LogP contribution in [0.3, 0.4) is 0 Å². The van der Waals surface area contributed by atoms with Crippen LogP contribution in [0.2, 0.25) is 0 Å². The van der Waals surface area contributed by atoms with Crippen molar-refractivity contribution in [3.63, 3.8) is 0 Å².